The fraction of sp³-hybridized carbons (Fsp3) is 0.591. The molecule has 0 aromatic carbocycles. The highest BCUT2D eigenvalue weighted by molar-refractivity contribution is 7.09. The second kappa shape index (κ2) is 8.40. The maximum absolute atomic E-state index is 12.5. The van der Waals surface area contributed by atoms with Gasteiger partial charge < -0.3 is 10.2 Å². The summed E-state index contributed by atoms with van der Waals surface area (Å²) >= 11 is 1.82. The number of nitrogens with zero attached hydrogens (tertiary/aromatic N) is 4. The van der Waals surface area contributed by atoms with E-state index in [4.69, 9.17) is 0 Å². The van der Waals surface area contributed by atoms with Gasteiger partial charge in [0, 0.05) is 60.8 Å². The quantitative estimate of drug-likeness (QED) is 0.816. The van der Waals surface area contributed by atoms with E-state index in [1.165, 1.54) is 4.88 Å². The van der Waals surface area contributed by atoms with Crippen molar-refractivity contribution in [3.05, 3.63) is 40.3 Å². The molecule has 0 radical (unpaired) electrons. The van der Waals surface area contributed by atoms with Crippen LogP contribution in [0.15, 0.2) is 29.9 Å². The number of rotatable bonds is 5. The molecule has 2 aromatic rings. The van der Waals surface area contributed by atoms with E-state index in [1.54, 1.807) is 0 Å². The van der Waals surface area contributed by atoms with Crippen LogP contribution in [0.25, 0.3) is 0 Å². The zero-order valence-corrected chi connectivity index (χ0v) is 18.4. The van der Waals surface area contributed by atoms with Gasteiger partial charge in [-0.25, -0.2) is 9.97 Å². The highest BCUT2D eigenvalue weighted by Crippen LogP contribution is 2.41. The molecule has 0 aliphatic carbocycles. The molecular weight excluding hydrogens is 382 g/mol. The van der Waals surface area contributed by atoms with Crippen LogP contribution in [-0.4, -0.2) is 53.0 Å². The summed E-state index contributed by atoms with van der Waals surface area (Å²) in [5, 5.41) is 5.52. The Kier molecular flexibility index (Phi) is 5.88. The van der Waals surface area contributed by atoms with Crippen molar-refractivity contribution < 1.29 is 4.79 Å². The molecule has 2 saturated heterocycles. The molecule has 4 rings (SSSR count). The van der Waals surface area contributed by atoms with Gasteiger partial charge in [-0.3, -0.25) is 9.69 Å². The predicted octanol–water partition coefficient (Wildman–Crippen LogP) is 3.09. The first-order valence-electron chi connectivity index (χ1n) is 10.5. The van der Waals surface area contributed by atoms with Gasteiger partial charge >= 0.3 is 0 Å². The topological polar surface area (TPSA) is 61.4 Å². The number of carbonyl (C=O) groups excluding carboxylic acids is 1. The van der Waals surface area contributed by atoms with Gasteiger partial charge in [0.2, 0.25) is 11.9 Å². The Balaban J connectivity index is 1.53. The Labute approximate surface area is 177 Å². The van der Waals surface area contributed by atoms with Crippen molar-refractivity contribution in [2.45, 2.75) is 46.2 Å². The van der Waals surface area contributed by atoms with Crippen LogP contribution in [0.3, 0.4) is 0 Å². The number of likely N-dealkylation sites (tertiary alicyclic amines) is 1. The number of aromatic nitrogens is 2. The van der Waals surface area contributed by atoms with Crippen molar-refractivity contribution in [1.82, 2.24) is 20.2 Å². The summed E-state index contributed by atoms with van der Waals surface area (Å²) < 4.78 is 0. The normalized spacial score (nSPS) is 25.1. The van der Waals surface area contributed by atoms with E-state index in [-0.39, 0.29) is 23.3 Å². The maximum atomic E-state index is 12.5. The second-order valence-corrected chi connectivity index (χ2v) is 9.92. The Bertz CT molecular complexity index is 822. The molecule has 29 heavy (non-hydrogen) atoms. The van der Waals surface area contributed by atoms with E-state index in [9.17, 15) is 4.79 Å². The lowest BCUT2D eigenvalue weighted by Crippen LogP contribution is -2.60. The smallest absolute Gasteiger partial charge is 0.225 e. The third kappa shape index (κ3) is 4.46. The van der Waals surface area contributed by atoms with Gasteiger partial charge in [0.25, 0.3) is 0 Å². The van der Waals surface area contributed by atoms with Gasteiger partial charge in [0.05, 0.1) is 0 Å². The Morgan fingerprint density at radius 2 is 2.10 bits per heavy atom. The largest absolute Gasteiger partial charge is 0.352 e. The Morgan fingerprint density at radius 3 is 2.79 bits per heavy atom. The molecule has 1 spiro atoms. The molecule has 2 aliphatic heterocycles. The van der Waals surface area contributed by atoms with Crippen LogP contribution in [0.1, 0.15) is 37.1 Å². The average Bonchev–Trinajstić information content (AvgIpc) is 3.35. The molecule has 2 aromatic heterocycles. The summed E-state index contributed by atoms with van der Waals surface area (Å²) in [5.41, 5.74) is 1.11. The lowest BCUT2D eigenvalue weighted by molar-refractivity contribution is -0.125. The fourth-order valence-electron chi connectivity index (χ4n) is 4.60. The van der Waals surface area contributed by atoms with Gasteiger partial charge in [-0.1, -0.05) is 19.9 Å². The summed E-state index contributed by atoms with van der Waals surface area (Å²) in [4.78, 5) is 27.9. The van der Waals surface area contributed by atoms with Gasteiger partial charge in [-0.05, 0) is 43.3 Å². The van der Waals surface area contributed by atoms with E-state index in [0.717, 1.165) is 57.1 Å². The first-order valence-corrected chi connectivity index (χ1v) is 11.4. The van der Waals surface area contributed by atoms with Crippen molar-refractivity contribution in [2.75, 3.05) is 31.1 Å². The molecule has 7 heteroatoms. The summed E-state index contributed by atoms with van der Waals surface area (Å²) in [6.45, 7) is 10.8. The monoisotopic (exact) mass is 413 g/mol. The third-order valence-electron chi connectivity index (χ3n) is 6.25. The third-order valence-corrected chi connectivity index (χ3v) is 7.11. The van der Waals surface area contributed by atoms with E-state index >= 15 is 0 Å². The van der Waals surface area contributed by atoms with Crippen LogP contribution < -0.4 is 10.2 Å². The summed E-state index contributed by atoms with van der Waals surface area (Å²) in [6, 6.07) is 4.53. The van der Waals surface area contributed by atoms with E-state index < -0.39 is 0 Å². The Morgan fingerprint density at radius 1 is 1.31 bits per heavy atom. The molecule has 0 bridgehead atoms. The number of thiophene rings is 1. The molecule has 2 fully saturated rings. The number of hydrogen-bond donors (Lipinski definition) is 1. The van der Waals surface area contributed by atoms with Gasteiger partial charge in [-0.15, -0.1) is 11.3 Å². The summed E-state index contributed by atoms with van der Waals surface area (Å²) in [7, 11) is 0. The van der Waals surface area contributed by atoms with Gasteiger partial charge in [-0.2, -0.15) is 0 Å². The molecule has 2 aliphatic rings. The molecule has 0 saturated carbocycles. The van der Waals surface area contributed by atoms with Crippen molar-refractivity contribution in [3.8, 4) is 0 Å². The molecule has 4 heterocycles. The number of nitrogens with one attached hydrogen (secondary N) is 1. The number of hydrogen-bond acceptors (Lipinski definition) is 6. The SMILES string of the molecule is Cc1cnc(N2CC[C@@H](NC(=O)C(C)C)[C@]3(CCN(Cc4cccs4)C3)C2)nc1. The fourth-order valence-corrected chi connectivity index (χ4v) is 5.35. The zero-order chi connectivity index (χ0) is 20.4. The van der Waals surface area contributed by atoms with Crippen molar-refractivity contribution in [1.29, 1.82) is 0 Å². The average molecular weight is 414 g/mol. The van der Waals surface area contributed by atoms with Crippen LogP contribution >= 0.6 is 11.3 Å². The molecule has 1 N–H and O–H groups in total. The van der Waals surface area contributed by atoms with E-state index in [1.807, 2.05) is 44.5 Å². The number of anilines is 1. The number of amides is 1. The van der Waals surface area contributed by atoms with Crippen LogP contribution in [0, 0.1) is 18.3 Å². The van der Waals surface area contributed by atoms with Crippen LogP contribution in [-0.2, 0) is 11.3 Å². The van der Waals surface area contributed by atoms with Crippen LogP contribution in [0.2, 0.25) is 0 Å². The van der Waals surface area contributed by atoms with Crippen molar-refractivity contribution in [3.63, 3.8) is 0 Å². The molecule has 1 amide bonds. The lowest BCUT2D eigenvalue weighted by Gasteiger charge is -2.46. The lowest BCUT2D eigenvalue weighted by atomic mass is 9.74. The number of piperidine rings is 1. The maximum Gasteiger partial charge on any atom is 0.225 e. The molecule has 2 atom stereocenters. The van der Waals surface area contributed by atoms with Crippen LogP contribution in [0.4, 0.5) is 5.95 Å². The van der Waals surface area contributed by atoms with Crippen molar-refractivity contribution >= 4 is 23.2 Å². The van der Waals surface area contributed by atoms with Gasteiger partial charge in [0.15, 0.2) is 0 Å². The number of carbonyl (C=O) groups is 1. The molecule has 6 nitrogen and oxygen atoms in total. The summed E-state index contributed by atoms with van der Waals surface area (Å²) in [5.74, 6) is 0.973. The molecule has 0 unspecified atom stereocenters. The highest BCUT2D eigenvalue weighted by Gasteiger charge is 2.49. The first kappa shape index (κ1) is 20.3. The molecule has 156 valence electrons. The Hall–Kier alpha value is -1.99. The first-order chi connectivity index (χ1) is 13.9. The summed E-state index contributed by atoms with van der Waals surface area (Å²) in [6.07, 6.45) is 5.80. The van der Waals surface area contributed by atoms with E-state index in [0.29, 0.717) is 0 Å². The zero-order valence-electron chi connectivity index (χ0n) is 17.6. The van der Waals surface area contributed by atoms with Crippen LogP contribution in [0.5, 0.6) is 0 Å². The highest BCUT2D eigenvalue weighted by atomic mass is 32.1. The minimum absolute atomic E-state index is 0.00846. The standard InChI is InChI=1S/C22H31N5OS/c1-16(2)20(28)25-19-6-8-27(21-23-11-17(3)12-24-21)15-22(19)7-9-26(14-22)13-18-5-4-10-29-18/h4-5,10-12,16,19H,6-9,13-15H2,1-3H3,(H,25,28)/t19-,22+/m1/s1. The minimum atomic E-state index is 0.00846. The molecular formula is C22H31N5OS. The minimum Gasteiger partial charge on any atom is -0.352 e. The second-order valence-electron chi connectivity index (χ2n) is 8.89. The van der Waals surface area contributed by atoms with Crippen molar-refractivity contribution in [2.24, 2.45) is 11.3 Å². The predicted molar refractivity (Wildman–Crippen MR) is 117 cm³/mol. The van der Waals surface area contributed by atoms with E-state index in [2.05, 4.69) is 42.6 Å². The van der Waals surface area contributed by atoms with Gasteiger partial charge in [0.1, 0.15) is 0 Å². The number of aryl methyl sites for hydroxylation is 1.